The van der Waals surface area contributed by atoms with Crippen molar-refractivity contribution in [3.63, 3.8) is 0 Å². The van der Waals surface area contributed by atoms with Gasteiger partial charge in [0, 0.05) is 26.8 Å². The summed E-state index contributed by atoms with van der Waals surface area (Å²) in [6, 6.07) is 18.5. The summed E-state index contributed by atoms with van der Waals surface area (Å²) >= 11 is 2.24. The number of nitrogens with zero attached hydrogens (tertiary/aromatic N) is 2. The van der Waals surface area contributed by atoms with E-state index in [1.165, 1.54) is 0 Å². The summed E-state index contributed by atoms with van der Waals surface area (Å²) < 4.78 is 3.03. The number of para-hydroxylation sites is 1. The number of amides is 4. The standard InChI is InChI=1S/C24H21IN4O3/c1-2-16-6-3-4-8-20(16)26-22(30)15-29-23(31)21(27-24(29)32)14-19-7-5-13-28(19)18-11-9-17(25)10-12-18/h3-14H,2,15H2,1H3,(H,26,30)(H,27,32)/b21-14+. The average Bonchev–Trinajstić information content (AvgIpc) is 3.35. The number of hydrogen-bond donors (Lipinski definition) is 2. The number of carbonyl (C=O) groups excluding carboxylic acids is 3. The molecular formula is C24H21IN4O3. The van der Waals surface area contributed by atoms with Crippen LogP contribution >= 0.6 is 22.6 Å². The lowest BCUT2D eigenvalue weighted by Gasteiger charge is -2.13. The molecule has 0 unspecified atom stereocenters. The summed E-state index contributed by atoms with van der Waals surface area (Å²) in [6.45, 7) is 1.63. The van der Waals surface area contributed by atoms with E-state index >= 15 is 0 Å². The molecule has 2 N–H and O–H groups in total. The molecule has 1 aromatic heterocycles. The predicted molar refractivity (Wildman–Crippen MR) is 131 cm³/mol. The number of rotatable bonds is 6. The molecule has 32 heavy (non-hydrogen) atoms. The summed E-state index contributed by atoms with van der Waals surface area (Å²) in [6.07, 6.45) is 4.25. The first-order valence-corrected chi connectivity index (χ1v) is 11.2. The molecule has 1 aliphatic heterocycles. The van der Waals surface area contributed by atoms with Gasteiger partial charge in [-0.25, -0.2) is 9.69 Å². The number of carbonyl (C=O) groups is 3. The van der Waals surface area contributed by atoms with Crippen LogP contribution in [0.4, 0.5) is 10.5 Å². The molecule has 1 aliphatic rings. The van der Waals surface area contributed by atoms with Gasteiger partial charge in [0.15, 0.2) is 0 Å². The van der Waals surface area contributed by atoms with E-state index in [4.69, 9.17) is 0 Å². The Morgan fingerprint density at radius 1 is 1.06 bits per heavy atom. The van der Waals surface area contributed by atoms with Crippen LogP contribution in [0.1, 0.15) is 18.2 Å². The Morgan fingerprint density at radius 3 is 2.56 bits per heavy atom. The normalized spacial score (nSPS) is 14.7. The highest BCUT2D eigenvalue weighted by Crippen LogP contribution is 2.20. The van der Waals surface area contributed by atoms with Gasteiger partial charge in [-0.05, 0) is 83.1 Å². The zero-order valence-electron chi connectivity index (χ0n) is 17.3. The first-order chi connectivity index (χ1) is 15.5. The predicted octanol–water partition coefficient (Wildman–Crippen LogP) is 4.18. The quantitative estimate of drug-likeness (QED) is 0.280. The van der Waals surface area contributed by atoms with E-state index in [9.17, 15) is 14.4 Å². The minimum Gasteiger partial charge on any atom is -0.324 e. The SMILES string of the molecule is CCc1ccccc1NC(=O)CN1C(=O)N/C(=C/c2cccn2-c2ccc(I)cc2)C1=O. The van der Waals surface area contributed by atoms with Gasteiger partial charge in [0.25, 0.3) is 5.91 Å². The average molecular weight is 540 g/mol. The fraction of sp³-hybridized carbons (Fsp3) is 0.125. The van der Waals surface area contributed by atoms with Gasteiger partial charge < -0.3 is 15.2 Å². The monoisotopic (exact) mass is 540 g/mol. The van der Waals surface area contributed by atoms with Gasteiger partial charge in [-0.1, -0.05) is 25.1 Å². The van der Waals surface area contributed by atoms with Crippen LogP contribution in [0.15, 0.2) is 72.6 Å². The Balaban J connectivity index is 1.50. The Morgan fingerprint density at radius 2 is 1.81 bits per heavy atom. The van der Waals surface area contributed by atoms with Gasteiger partial charge in [-0.15, -0.1) is 0 Å². The highest BCUT2D eigenvalue weighted by molar-refractivity contribution is 14.1. The molecule has 1 fully saturated rings. The van der Waals surface area contributed by atoms with Gasteiger partial charge >= 0.3 is 6.03 Å². The molecule has 162 valence electrons. The van der Waals surface area contributed by atoms with E-state index in [1.54, 1.807) is 12.1 Å². The fourth-order valence-electron chi connectivity index (χ4n) is 3.50. The molecule has 4 amide bonds. The maximum atomic E-state index is 12.8. The number of halogens is 1. The van der Waals surface area contributed by atoms with Gasteiger partial charge in [-0.2, -0.15) is 0 Å². The van der Waals surface area contributed by atoms with E-state index in [0.717, 1.165) is 31.8 Å². The third-order valence-electron chi connectivity index (χ3n) is 5.11. The lowest BCUT2D eigenvalue weighted by atomic mass is 10.1. The minimum absolute atomic E-state index is 0.127. The summed E-state index contributed by atoms with van der Waals surface area (Å²) in [5, 5.41) is 5.36. The fourth-order valence-corrected chi connectivity index (χ4v) is 3.86. The zero-order valence-corrected chi connectivity index (χ0v) is 19.5. The van der Waals surface area contributed by atoms with Crippen LogP contribution in [-0.4, -0.2) is 33.9 Å². The second-order valence-corrected chi connectivity index (χ2v) is 8.46. The van der Waals surface area contributed by atoms with Crippen molar-refractivity contribution in [1.29, 1.82) is 0 Å². The summed E-state index contributed by atoms with van der Waals surface area (Å²) in [5.41, 5.74) is 3.46. The molecule has 8 heteroatoms. The van der Waals surface area contributed by atoms with Crippen molar-refractivity contribution < 1.29 is 14.4 Å². The van der Waals surface area contributed by atoms with E-state index in [1.807, 2.05) is 72.3 Å². The topological polar surface area (TPSA) is 83.4 Å². The van der Waals surface area contributed by atoms with Crippen molar-refractivity contribution in [2.24, 2.45) is 0 Å². The molecule has 7 nitrogen and oxygen atoms in total. The van der Waals surface area contributed by atoms with E-state index in [2.05, 4.69) is 33.2 Å². The highest BCUT2D eigenvalue weighted by Gasteiger charge is 2.35. The lowest BCUT2D eigenvalue weighted by molar-refractivity contribution is -0.127. The molecule has 2 heterocycles. The minimum atomic E-state index is -0.618. The van der Waals surface area contributed by atoms with Crippen LogP contribution in [0.3, 0.4) is 0 Å². The second kappa shape index (κ2) is 9.39. The van der Waals surface area contributed by atoms with Crippen LogP contribution < -0.4 is 10.6 Å². The number of imide groups is 1. The van der Waals surface area contributed by atoms with Crippen molar-refractivity contribution in [3.8, 4) is 5.69 Å². The van der Waals surface area contributed by atoms with Crippen LogP contribution in [0.2, 0.25) is 0 Å². The van der Waals surface area contributed by atoms with E-state index < -0.39 is 17.8 Å². The maximum Gasteiger partial charge on any atom is 0.329 e. The number of aromatic nitrogens is 1. The molecule has 0 aliphatic carbocycles. The number of aryl methyl sites for hydroxylation is 1. The third-order valence-corrected chi connectivity index (χ3v) is 5.83. The largest absolute Gasteiger partial charge is 0.329 e. The zero-order chi connectivity index (χ0) is 22.7. The van der Waals surface area contributed by atoms with Crippen molar-refractivity contribution in [2.45, 2.75) is 13.3 Å². The number of urea groups is 1. The maximum absolute atomic E-state index is 12.8. The van der Waals surface area contributed by atoms with Crippen LogP contribution in [0, 0.1) is 3.57 Å². The van der Waals surface area contributed by atoms with E-state index in [-0.39, 0.29) is 12.2 Å². The Labute approximate surface area is 199 Å². The lowest BCUT2D eigenvalue weighted by Crippen LogP contribution is -2.38. The smallest absolute Gasteiger partial charge is 0.324 e. The third kappa shape index (κ3) is 4.59. The van der Waals surface area contributed by atoms with Crippen LogP contribution in [0.25, 0.3) is 11.8 Å². The molecule has 1 saturated heterocycles. The Bertz CT molecular complexity index is 1210. The summed E-state index contributed by atoms with van der Waals surface area (Å²) in [7, 11) is 0. The molecule has 3 aromatic rings. The molecular weight excluding hydrogens is 519 g/mol. The van der Waals surface area contributed by atoms with E-state index in [0.29, 0.717) is 5.69 Å². The molecule has 2 aromatic carbocycles. The molecule has 0 spiro atoms. The van der Waals surface area contributed by atoms with Crippen LogP contribution in [-0.2, 0) is 16.0 Å². The van der Waals surface area contributed by atoms with Gasteiger partial charge in [-0.3, -0.25) is 9.59 Å². The molecule has 0 bridgehead atoms. The number of hydrogen-bond acceptors (Lipinski definition) is 3. The highest BCUT2D eigenvalue weighted by atomic mass is 127. The van der Waals surface area contributed by atoms with Crippen molar-refractivity contribution in [2.75, 3.05) is 11.9 Å². The van der Waals surface area contributed by atoms with Gasteiger partial charge in [0.2, 0.25) is 5.91 Å². The number of benzene rings is 2. The Hall–Kier alpha value is -3.40. The van der Waals surface area contributed by atoms with Crippen molar-refractivity contribution in [1.82, 2.24) is 14.8 Å². The van der Waals surface area contributed by atoms with Gasteiger partial charge in [0.05, 0.1) is 0 Å². The summed E-state index contributed by atoms with van der Waals surface area (Å²) in [5.74, 6) is -0.970. The first-order valence-electron chi connectivity index (χ1n) is 10.1. The number of anilines is 1. The Kier molecular flexibility index (Phi) is 6.40. The molecule has 0 atom stereocenters. The van der Waals surface area contributed by atoms with Crippen LogP contribution in [0.5, 0.6) is 0 Å². The van der Waals surface area contributed by atoms with Crippen molar-refractivity contribution in [3.05, 3.63) is 87.4 Å². The van der Waals surface area contributed by atoms with Gasteiger partial charge in [0.1, 0.15) is 12.2 Å². The summed E-state index contributed by atoms with van der Waals surface area (Å²) in [4.78, 5) is 38.6. The number of nitrogens with one attached hydrogen (secondary N) is 2. The molecule has 0 radical (unpaired) electrons. The second-order valence-electron chi connectivity index (χ2n) is 7.22. The molecule has 4 rings (SSSR count). The first kappa shape index (κ1) is 21.8. The van der Waals surface area contributed by atoms with Crippen molar-refractivity contribution >= 4 is 52.2 Å². The molecule has 0 saturated carbocycles.